The van der Waals surface area contributed by atoms with Gasteiger partial charge in [0.05, 0.1) is 12.4 Å². The summed E-state index contributed by atoms with van der Waals surface area (Å²) in [7, 11) is 0.380. The summed E-state index contributed by atoms with van der Waals surface area (Å²) in [5.74, 6) is 0. The van der Waals surface area contributed by atoms with Crippen LogP contribution in [0.15, 0.2) is 103 Å². The van der Waals surface area contributed by atoms with Crippen LogP contribution in [0.2, 0.25) is 0 Å². The van der Waals surface area contributed by atoms with Gasteiger partial charge in [0.1, 0.15) is 23.2 Å². The summed E-state index contributed by atoms with van der Waals surface area (Å²) >= 11 is 0. The van der Waals surface area contributed by atoms with E-state index in [4.69, 9.17) is 0 Å². The molecule has 128 valence electrons. The molecule has 4 rings (SSSR count). The maximum Gasteiger partial charge on any atom is 0.113 e. The molecule has 26 heavy (non-hydrogen) atoms. The van der Waals surface area contributed by atoms with Crippen LogP contribution in [-0.4, -0.2) is 11.2 Å². The fourth-order valence-corrected chi connectivity index (χ4v) is 7.15. The second-order valence-electron chi connectivity index (χ2n) is 6.70. The quantitative estimate of drug-likeness (QED) is 0.471. The van der Waals surface area contributed by atoms with E-state index in [2.05, 4.69) is 122 Å². The highest BCUT2D eigenvalue weighted by Crippen LogP contribution is 2.53. The Morgan fingerprint density at radius 1 is 0.615 bits per heavy atom. The lowest BCUT2D eigenvalue weighted by Crippen LogP contribution is -2.31. The molecule has 1 nitrogen and oxygen atoms in total. The van der Waals surface area contributed by atoms with E-state index in [0.717, 1.165) is 0 Å². The highest BCUT2D eigenvalue weighted by molar-refractivity contribution is 7.95. The van der Waals surface area contributed by atoms with Gasteiger partial charge in [-0.05, 0) is 48.5 Å². The number of hydrogen-bond acceptors (Lipinski definition) is 0. The van der Waals surface area contributed by atoms with Crippen molar-refractivity contribution in [2.24, 2.45) is 7.05 Å². The Bertz CT molecular complexity index is 963. The number of benzene rings is 3. The maximum absolute atomic E-state index is 2.44. The van der Waals surface area contributed by atoms with Crippen molar-refractivity contribution in [3.8, 4) is 11.3 Å². The first-order valence-corrected chi connectivity index (χ1v) is 11.1. The van der Waals surface area contributed by atoms with E-state index in [9.17, 15) is 0 Å². The first-order chi connectivity index (χ1) is 12.7. The molecule has 1 aromatic heterocycles. The van der Waals surface area contributed by atoms with E-state index in [-0.39, 0.29) is 0 Å². The van der Waals surface area contributed by atoms with Crippen molar-refractivity contribution in [2.75, 3.05) is 6.66 Å². The van der Waals surface area contributed by atoms with Crippen molar-refractivity contribution in [3.05, 3.63) is 103 Å². The normalized spacial score (nSPS) is 11.5. The largest absolute Gasteiger partial charge is 0.350 e. The average Bonchev–Trinajstić information content (AvgIpc) is 3.14. The van der Waals surface area contributed by atoms with Gasteiger partial charge in [-0.2, -0.15) is 0 Å². The van der Waals surface area contributed by atoms with Crippen LogP contribution in [0.1, 0.15) is 0 Å². The lowest BCUT2D eigenvalue weighted by Gasteiger charge is -2.25. The zero-order valence-electron chi connectivity index (χ0n) is 15.2. The fourth-order valence-electron chi connectivity index (χ4n) is 3.70. The molecule has 1 heterocycles. The highest BCUT2D eigenvalue weighted by atomic mass is 31.2. The molecule has 0 aliphatic rings. The maximum atomic E-state index is 2.44. The lowest BCUT2D eigenvalue weighted by atomic mass is 10.1. The summed E-state index contributed by atoms with van der Waals surface area (Å²) in [5, 5.41) is 4.25. The highest BCUT2D eigenvalue weighted by Gasteiger charge is 2.42. The van der Waals surface area contributed by atoms with Gasteiger partial charge in [-0.15, -0.1) is 0 Å². The lowest BCUT2D eigenvalue weighted by molar-refractivity contribution is 0.938. The Balaban J connectivity index is 2.02. The Hall–Kier alpha value is -2.63. The van der Waals surface area contributed by atoms with E-state index < -0.39 is 7.26 Å². The summed E-state index contributed by atoms with van der Waals surface area (Å²) in [6, 6.07) is 35.2. The van der Waals surface area contributed by atoms with Gasteiger partial charge in [0.25, 0.3) is 0 Å². The molecule has 0 N–H and O–H groups in total. The molecule has 0 radical (unpaired) electrons. The van der Waals surface area contributed by atoms with Gasteiger partial charge in [-0.3, -0.25) is 0 Å². The van der Waals surface area contributed by atoms with Gasteiger partial charge in [-0.25, -0.2) is 0 Å². The minimum absolute atomic E-state index is 1.26. The molecular formula is C24H23NP+. The van der Waals surface area contributed by atoms with Crippen molar-refractivity contribution in [3.63, 3.8) is 0 Å². The minimum atomic E-state index is -1.74. The number of rotatable bonds is 4. The van der Waals surface area contributed by atoms with Crippen LogP contribution in [0.4, 0.5) is 0 Å². The van der Waals surface area contributed by atoms with E-state index in [1.807, 2.05) is 0 Å². The number of aryl methyl sites for hydroxylation is 1. The SMILES string of the molecule is Cn1cccc1-c1ccccc1[P+](C)(c1ccccc1)c1ccccc1. The van der Waals surface area contributed by atoms with Crippen LogP contribution in [0.3, 0.4) is 0 Å². The molecular weight excluding hydrogens is 333 g/mol. The third kappa shape index (κ3) is 2.79. The summed E-state index contributed by atoms with van der Waals surface area (Å²) in [6.07, 6.45) is 2.12. The van der Waals surface area contributed by atoms with Crippen LogP contribution in [0.5, 0.6) is 0 Å². The van der Waals surface area contributed by atoms with E-state index >= 15 is 0 Å². The number of hydrogen-bond donors (Lipinski definition) is 0. The zero-order chi connectivity index (χ0) is 18.0. The summed E-state index contributed by atoms with van der Waals surface area (Å²) < 4.78 is 2.21. The van der Waals surface area contributed by atoms with Crippen LogP contribution in [0.25, 0.3) is 11.3 Å². The van der Waals surface area contributed by atoms with Crippen molar-refractivity contribution >= 4 is 23.2 Å². The molecule has 0 aliphatic heterocycles. The van der Waals surface area contributed by atoms with Gasteiger partial charge in [-0.1, -0.05) is 48.5 Å². The van der Waals surface area contributed by atoms with Gasteiger partial charge < -0.3 is 4.57 Å². The van der Waals surface area contributed by atoms with E-state index in [1.54, 1.807) is 0 Å². The van der Waals surface area contributed by atoms with Crippen LogP contribution in [-0.2, 0) is 7.05 Å². The van der Waals surface area contributed by atoms with Crippen LogP contribution in [0, 0.1) is 0 Å². The van der Waals surface area contributed by atoms with Gasteiger partial charge >= 0.3 is 0 Å². The first-order valence-electron chi connectivity index (χ1n) is 8.90. The fraction of sp³-hybridized carbons (Fsp3) is 0.0833. The molecule has 0 amide bonds. The van der Waals surface area contributed by atoms with Crippen LogP contribution >= 0.6 is 7.26 Å². The van der Waals surface area contributed by atoms with E-state index in [1.165, 1.54) is 27.2 Å². The molecule has 2 heteroatoms. The summed E-state index contributed by atoms with van der Waals surface area (Å²) in [5.41, 5.74) is 2.59. The smallest absolute Gasteiger partial charge is 0.113 e. The minimum Gasteiger partial charge on any atom is -0.350 e. The molecule has 3 aromatic carbocycles. The standard InChI is InChI=1S/C24H23NP/c1-25-19-11-17-23(25)22-16-9-10-18-24(22)26(2,20-12-5-3-6-13-20)21-14-7-4-8-15-21/h3-19H,1-2H3/q+1. The Morgan fingerprint density at radius 3 is 1.69 bits per heavy atom. The van der Waals surface area contributed by atoms with Gasteiger partial charge in [0, 0.05) is 18.8 Å². The van der Waals surface area contributed by atoms with Crippen molar-refractivity contribution < 1.29 is 0 Å². The number of aromatic nitrogens is 1. The Labute approximate surface area is 156 Å². The van der Waals surface area contributed by atoms with E-state index in [0.29, 0.717) is 0 Å². The number of nitrogens with zero attached hydrogens (tertiary/aromatic N) is 1. The molecule has 0 fully saturated rings. The zero-order valence-corrected chi connectivity index (χ0v) is 16.1. The van der Waals surface area contributed by atoms with Crippen molar-refractivity contribution in [2.45, 2.75) is 0 Å². The molecule has 0 atom stereocenters. The summed E-state index contributed by atoms with van der Waals surface area (Å²) in [4.78, 5) is 0. The van der Waals surface area contributed by atoms with Gasteiger partial charge in [0.2, 0.25) is 0 Å². The second kappa shape index (κ2) is 6.94. The molecule has 0 saturated carbocycles. The third-order valence-electron chi connectivity index (χ3n) is 5.15. The van der Waals surface area contributed by atoms with Gasteiger partial charge in [0.15, 0.2) is 0 Å². The molecule has 0 aliphatic carbocycles. The third-order valence-corrected chi connectivity index (χ3v) is 9.17. The summed E-state index contributed by atoms with van der Waals surface area (Å²) in [6.45, 7) is 2.44. The van der Waals surface area contributed by atoms with Crippen molar-refractivity contribution in [1.82, 2.24) is 4.57 Å². The predicted molar refractivity (Wildman–Crippen MR) is 115 cm³/mol. The first kappa shape index (κ1) is 16.8. The molecule has 0 saturated heterocycles. The predicted octanol–water partition coefficient (Wildman–Crippen LogP) is 4.62. The Kier molecular flexibility index (Phi) is 4.49. The second-order valence-corrected chi connectivity index (χ2v) is 10.2. The topological polar surface area (TPSA) is 4.93 Å². The average molecular weight is 356 g/mol. The molecule has 4 aromatic rings. The molecule has 0 spiro atoms. The monoisotopic (exact) mass is 356 g/mol. The molecule has 0 bridgehead atoms. The molecule has 0 unspecified atom stereocenters. The Morgan fingerprint density at radius 2 is 1.15 bits per heavy atom. The van der Waals surface area contributed by atoms with Crippen molar-refractivity contribution in [1.29, 1.82) is 0 Å². The van der Waals surface area contributed by atoms with Crippen LogP contribution < -0.4 is 15.9 Å².